The van der Waals surface area contributed by atoms with Crippen LogP contribution in [0, 0.1) is 0 Å². The van der Waals surface area contributed by atoms with Crippen LogP contribution in [0.25, 0.3) is 0 Å². The molecule has 0 aliphatic rings. The van der Waals surface area contributed by atoms with E-state index in [0.717, 1.165) is 0 Å². The quantitative estimate of drug-likeness (QED) is 0.606. The standard InChI is InChI=1S/C15H14ClNO4/c1-19-14-6-5-11(10-17-14)15(18)21-8-7-20-13-4-2-3-12(16)9-13/h2-6,9-10H,7-8H2,1H3. The van der Waals surface area contributed by atoms with Crippen LogP contribution in [0.5, 0.6) is 11.6 Å². The Hall–Kier alpha value is -2.27. The average molecular weight is 308 g/mol. The zero-order valence-corrected chi connectivity index (χ0v) is 12.2. The minimum Gasteiger partial charge on any atom is -0.490 e. The molecule has 0 bridgehead atoms. The number of rotatable bonds is 6. The molecule has 21 heavy (non-hydrogen) atoms. The van der Waals surface area contributed by atoms with Crippen molar-refractivity contribution in [3.63, 3.8) is 0 Å². The first-order valence-corrected chi connectivity index (χ1v) is 6.62. The summed E-state index contributed by atoms with van der Waals surface area (Å²) in [6, 6.07) is 10.2. The number of halogens is 1. The fourth-order valence-corrected chi connectivity index (χ4v) is 1.74. The molecule has 0 aliphatic carbocycles. The number of hydrogen-bond donors (Lipinski definition) is 0. The Morgan fingerprint density at radius 1 is 1.24 bits per heavy atom. The lowest BCUT2D eigenvalue weighted by atomic mass is 10.3. The summed E-state index contributed by atoms with van der Waals surface area (Å²) in [6.45, 7) is 0.382. The summed E-state index contributed by atoms with van der Waals surface area (Å²) in [6.07, 6.45) is 1.40. The maximum atomic E-state index is 11.7. The Bertz CT molecular complexity index is 601. The van der Waals surface area contributed by atoms with Gasteiger partial charge in [-0.3, -0.25) is 0 Å². The van der Waals surface area contributed by atoms with E-state index >= 15 is 0 Å². The molecule has 1 heterocycles. The highest BCUT2D eigenvalue weighted by Crippen LogP contribution is 2.16. The lowest BCUT2D eigenvalue weighted by molar-refractivity contribution is 0.0450. The molecule has 1 aromatic heterocycles. The Morgan fingerprint density at radius 3 is 2.76 bits per heavy atom. The second-order valence-electron chi connectivity index (χ2n) is 4.03. The van der Waals surface area contributed by atoms with E-state index in [4.69, 9.17) is 25.8 Å². The molecule has 0 saturated heterocycles. The molecule has 0 aliphatic heterocycles. The van der Waals surface area contributed by atoms with Gasteiger partial charge >= 0.3 is 5.97 Å². The molecule has 0 spiro atoms. The predicted octanol–water partition coefficient (Wildman–Crippen LogP) is 2.98. The highest BCUT2D eigenvalue weighted by atomic mass is 35.5. The lowest BCUT2D eigenvalue weighted by Crippen LogP contribution is -2.12. The molecule has 6 heteroatoms. The fourth-order valence-electron chi connectivity index (χ4n) is 1.56. The lowest BCUT2D eigenvalue weighted by Gasteiger charge is -2.07. The summed E-state index contributed by atoms with van der Waals surface area (Å²) in [5, 5.41) is 0.591. The van der Waals surface area contributed by atoms with Gasteiger partial charge in [0.1, 0.15) is 19.0 Å². The summed E-state index contributed by atoms with van der Waals surface area (Å²) in [4.78, 5) is 15.7. The third-order valence-electron chi connectivity index (χ3n) is 2.56. The first-order valence-electron chi connectivity index (χ1n) is 6.24. The molecule has 0 fully saturated rings. The Balaban J connectivity index is 1.76. The zero-order valence-electron chi connectivity index (χ0n) is 11.4. The van der Waals surface area contributed by atoms with Crippen molar-refractivity contribution in [2.45, 2.75) is 0 Å². The van der Waals surface area contributed by atoms with Crippen molar-refractivity contribution in [2.24, 2.45) is 0 Å². The largest absolute Gasteiger partial charge is 0.490 e. The van der Waals surface area contributed by atoms with Crippen molar-refractivity contribution in [3.8, 4) is 11.6 Å². The van der Waals surface area contributed by atoms with Crippen LogP contribution in [0.2, 0.25) is 5.02 Å². The van der Waals surface area contributed by atoms with E-state index in [0.29, 0.717) is 22.2 Å². The van der Waals surface area contributed by atoms with E-state index in [2.05, 4.69) is 4.98 Å². The van der Waals surface area contributed by atoms with E-state index in [-0.39, 0.29) is 13.2 Å². The second-order valence-corrected chi connectivity index (χ2v) is 4.47. The SMILES string of the molecule is COc1ccc(C(=O)OCCOc2cccc(Cl)c2)cn1. The third-order valence-corrected chi connectivity index (χ3v) is 2.80. The highest BCUT2D eigenvalue weighted by Gasteiger charge is 2.07. The van der Waals surface area contributed by atoms with Gasteiger partial charge in [0.15, 0.2) is 0 Å². The number of aromatic nitrogens is 1. The Kier molecular flexibility index (Phi) is 5.40. The van der Waals surface area contributed by atoms with E-state index < -0.39 is 5.97 Å². The molecular weight excluding hydrogens is 294 g/mol. The Labute approximate surface area is 127 Å². The van der Waals surface area contributed by atoms with Crippen molar-refractivity contribution in [1.29, 1.82) is 0 Å². The minimum atomic E-state index is -0.458. The Morgan fingerprint density at radius 2 is 2.10 bits per heavy atom. The van der Waals surface area contributed by atoms with Gasteiger partial charge in [-0.2, -0.15) is 0 Å². The maximum absolute atomic E-state index is 11.7. The van der Waals surface area contributed by atoms with Crippen LogP contribution in [-0.2, 0) is 4.74 Å². The van der Waals surface area contributed by atoms with Crippen LogP contribution >= 0.6 is 11.6 Å². The van der Waals surface area contributed by atoms with Gasteiger partial charge in [-0.15, -0.1) is 0 Å². The van der Waals surface area contributed by atoms with Gasteiger partial charge in [0.2, 0.25) is 5.88 Å². The van der Waals surface area contributed by atoms with E-state index in [1.54, 1.807) is 36.4 Å². The van der Waals surface area contributed by atoms with Crippen molar-refractivity contribution in [1.82, 2.24) is 4.98 Å². The van der Waals surface area contributed by atoms with Crippen LogP contribution in [-0.4, -0.2) is 31.3 Å². The van der Waals surface area contributed by atoms with Gasteiger partial charge in [0, 0.05) is 17.3 Å². The fraction of sp³-hybridized carbons (Fsp3) is 0.200. The molecule has 1 aromatic carbocycles. The van der Waals surface area contributed by atoms with Gasteiger partial charge in [-0.1, -0.05) is 17.7 Å². The summed E-state index contributed by atoms with van der Waals surface area (Å²) in [7, 11) is 1.51. The molecule has 0 radical (unpaired) electrons. The number of hydrogen-bond acceptors (Lipinski definition) is 5. The predicted molar refractivity (Wildman–Crippen MR) is 78.0 cm³/mol. The van der Waals surface area contributed by atoms with E-state index in [1.165, 1.54) is 13.3 Å². The van der Waals surface area contributed by atoms with Gasteiger partial charge in [-0.05, 0) is 24.3 Å². The van der Waals surface area contributed by atoms with Gasteiger partial charge in [-0.25, -0.2) is 9.78 Å². The zero-order chi connectivity index (χ0) is 15.1. The van der Waals surface area contributed by atoms with E-state index in [9.17, 15) is 4.79 Å². The smallest absolute Gasteiger partial charge is 0.339 e. The van der Waals surface area contributed by atoms with Crippen LogP contribution in [0.3, 0.4) is 0 Å². The third kappa shape index (κ3) is 4.65. The highest BCUT2D eigenvalue weighted by molar-refractivity contribution is 6.30. The molecule has 0 amide bonds. The molecule has 5 nitrogen and oxygen atoms in total. The van der Waals surface area contributed by atoms with Gasteiger partial charge < -0.3 is 14.2 Å². The van der Waals surface area contributed by atoms with Crippen LogP contribution in [0.15, 0.2) is 42.6 Å². The first kappa shape index (κ1) is 15.1. The topological polar surface area (TPSA) is 57.7 Å². The van der Waals surface area contributed by atoms with Crippen LogP contribution in [0.4, 0.5) is 0 Å². The van der Waals surface area contributed by atoms with Gasteiger partial charge in [0.05, 0.1) is 12.7 Å². The van der Waals surface area contributed by atoms with E-state index in [1.807, 2.05) is 0 Å². The number of pyridine rings is 1. The van der Waals surface area contributed by atoms with Crippen molar-refractivity contribution < 1.29 is 19.0 Å². The molecular formula is C15H14ClNO4. The molecule has 0 atom stereocenters. The normalized spacial score (nSPS) is 10.0. The van der Waals surface area contributed by atoms with Crippen molar-refractivity contribution >= 4 is 17.6 Å². The molecule has 0 N–H and O–H groups in total. The summed E-state index contributed by atoms with van der Waals surface area (Å²) in [5.41, 5.74) is 0.360. The maximum Gasteiger partial charge on any atom is 0.339 e. The van der Waals surface area contributed by atoms with Crippen LogP contribution in [0.1, 0.15) is 10.4 Å². The number of nitrogens with zero attached hydrogens (tertiary/aromatic N) is 1. The monoisotopic (exact) mass is 307 g/mol. The molecule has 2 aromatic rings. The number of methoxy groups -OCH3 is 1. The summed E-state index contributed by atoms with van der Waals surface area (Å²) in [5.74, 6) is 0.611. The second kappa shape index (κ2) is 7.50. The van der Waals surface area contributed by atoms with Crippen LogP contribution < -0.4 is 9.47 Å². The van der Waals surface area contributed by atoms with Gasteiger partial charge in [0.25, 0.3) is 0 Å². The average Bonchev–Trinajstić information content (AvgIpc) is 2.51. The number of benzene rings is 1. The number of carbonyl (C=O) groups excluding carboxylic acids is 1. The number of carbonyl (C=O) groups is 1. The van der Waals surface area contributed by atoms with Crippen molar-refractivity contribution in [3.05, 3.63) is 53.2 Å². The number of ether oxygens (including phenoxy) is 3. The molecule has 0 unspecified atom stereocenters. The molecule has 2 rings (SSSR count). The number of esters is 1. The summed E-state index contributed by atoms with van der Waals surface area (Å²) < 4.78 is 15.4. The minimum absolute atomic E-state index is 0.136. The first-order chi connectivity index (χ1) is 10.2. The molecule has 0 saturated carbocycles. The van der Waals surface area contributed by atoms with Crippen molar-refractivity contribution in [2.75, 3.05) is 20.3 Å². The molecule has 110 valence electrons. The summed E-state index contributed by atoms with van der Waals surface area (Å²) >= 11 is 5.83.